The van der Waals surface area contributed by atoms with Crippen molar-refractivity contribution in [2.45, 2.75) is 30.8 Å². The van der Waals surface area contributed by atoms with E-state index in [9.17, 15) is 35.7 Å². The summed E-state index contributed by atoms with van der Waals surface area (Å²) in [7, 11) is 0. The van der Waals surface area contributed by atoms with Crippen molar-refractivity contribution in [2.24, 2.45) is 0 Å². The highest BCUT2D eigenvalue weighted by molar-refractivity contribution is 5.79. The molecule has 0 spiro atoms. The lowest BCUT2D eigenvalue weighted by Crippen LogP contribution is -2.59. The van der Waals surface area contributed by atoms with E-state index in [4.69, 9.17) is 9.47 Å². The smallest absolute Gasteiger partial charge is 0.456 e. The van der Waals surface area contributed by atoms with Gasteiger partial charge in [-0.05, 0) is 11.4 Å². The molecule has 136 valence electrons. The highest BCUT2D eigenvalue weighted by atomic mass is 19.4. The first-order valence-corrected chi connectivity index (χ1v) is 5.87. The summed E-state index contributed by atoms with van der Waals surface area (Å²) in [6.45, 7) is -2.58. The zero-order valence-electron chi connectivity index (χ0n) is 11.4. The highest BCUT2D eigenvalue weighted by Gasteiger charge is 2.71. The molecule has 0 amide bonds. The number of carbonyl (C=O) groups is 1. The Hall–Kier alpha value is -1.18. The van der Waals surface area contributed by atoms with Gasteiger partial charge in [-0.25, -0.2) is 9.18 Å². The molecular formula is C10H11F7O6. The second-order valence-electron chi connectivity index (χ2n) is 4.47. The fourth-order valence-corrected chi connectivity index (χ4v) is 1.48. The van der Waals surface area contributed by atoms with E-state index in [1.165, 1.54) is 0 Å². The molecule has 6 nitrogen and oxygen atoms in total. The molecule has 0 radical (unpaired) electrons. The number of hydrogen-bond donors (Lipinski definition) is 0. The molecule has 0 bridgehead atoms. The largest absolute Gasteiger partial charge is 0.458 e. The Morgan fingerprint density at radius 1 is 1.17 bits per heavy atom. The summed E-state index contributed by atoms with van der Waals surface area (Å²) in [6, 6.07) is 0. The van der Waals surface area contributed by atoms with E-state index in [1.54, 1.807) is 0 Å². The van der Waals surface area contributed by atoms with Gasteiger partial charge in [-0.3, -0.25) is 4.74 Å². The highest BCUT2D eigenvalue weighted by Crippen LogP contribution is 2.40. The third kappa shape index (κ3) is 4.43. The van der Waals surface area contributed by atoms with Crippen molar-refractivity contribution in [3.8, 4) is 0 Å². The topological polar surface area (TPSA) is 63.2 Å². The van der Waals surface area contributed by atoms with Crippen molar-refractivity contribution in [2.75, 3.05) is 26.5 Å². The molecule has 1 heterocycles. The minimum atomic E-state index is -6.14. The van der Waals surface area contributed by atoms with Crippen LogP contribution in [0.1, 0.15) is 6.92 Å². The van der Waals surface area contributed by atoms with Crippen LogP contribution in [0, 0.1) is 0 Å². The molecule has 0 aliphatic carbocycles. The van der Waals surface area contributed by atoms with Crippen LogP contribution < -0.4 is 0 Å². The number of hydrogen-bond acceptors (Lipinski definition) is 6. The van der Waals surface area contributed by atoms with E-state index in [1.807, 2.05) is 0 Å². The van der Waals surface area contributed by atoms with Gasteiger partial charge in [0.05, 0.1) is 13.2 Å². The van der Waals surface area contributed by atoms with Crippen molar-refractivity contribution >= 4 is 5.97 Å². The van der Waals surface area contributed by atoms with Crippen molar-refractivity contribution in [1.29, 1.82) is 0 Å². The zero-order chi connectivity index (χ0) is 17.9. The molecule has 23 heavy (non-hydrogen) atoms. The number of rotatable bonds is 7. The molecule has 1 aliphatic heterocycles. The van der Waals surface area contributed by atoms with E-state index < -0.39 is 43.1 Å². The molecule has 0 aromatic rings. The molecule has 1 aliphatic rings. The fraction of sp³-hybridized carbons (Fsp3) is 0.900. The Labute approximate surface area is 124 Å². The number of halogens is 7. The average Bonchev–Trinajstić information content (AvgIpc) is 2.88. The molecule has 0 aromatic heterocycles. The van der Waals surface area contributed by atoms with Crippen LogP contribution in [0.15, 0.2) is 0 Å². The molecule has 1 saturated heterocycles. The minimum absolute atomic E-state index is 0.0223. The third-order valence-corrected chi connectivity index (χ3v) is 2.56. The van der Waals surface area contributed by atoms with E-state index >= 15 is 0 Å². The van der Waals surface area contributed by atoms with Gasteiger partial charge < -0.3 is 14.2 Å². The van der Waals surface area contributed by atoms with Gasteiger partial charge in [0.2, 0.25) is 0 Å². The Morgan fingerprint density at radius 3 is 2.09 bits per heavy atom. The van der Waals surface area contributed by atoms with Gasteiger partial charge in [-0.15, -0.1) is 4.94 Å². The van der Waals surface area contributed by atoms with Crippen LogP contribution in [0.3, 0.4) is 0 Å². The number of esters is 1. The first kappa shape index (κ1) is 19.9. The summed E-state index contributed by atoms with van der Waals surface area (Å²) in [6.07, 6.45) is -11.3. The fourth-order valence-electron chi connectivity index (χ4n) is 1.48. The summed E-state index contributed by atoms with van der Waals surface area (Å²) >= 11 is 0. The lowest BCUT2D eigenvalue weighted by molar-refractivity contribution is -0.474. The van der Waals surface area contributed by atoms with Crippen molar-refractivity contribution in [3.63, 3.8) is 0 Å². The van der Waals surface area contributed by atoms with Gasteiger partial charge in [-0.1, -0.05) is 0 Å². The van der Waals surface area contributed by atoms with Crippen LogP contribution in [0.5, 0.6) is 0 Å². The van der Waals surface area contributed by atoms with Gasteiger partial charge in [-0.2, -0.15) is 22.0 Å². The van der Waals surface area contributed by atoms with E-state index in [0.29, 0.717) is 0 Å². The standard InChI is InChI=1S/C10H11F7O6/c1-7(20-2-3-21-7)5-19-6(18)9(23-17,10(14,15)16)22-8(12,13)4-11/h2-5H2,1H3. The minimum Gasteiger partial charge on any atom is -0.456 e. The Balaban J connectivity index is 2.96. The van der Waals surface area contributed by atoms with Crippen LogP contribution in [0.2, 0.25) is 0 Å². The van der Waals surface area contributed by atoms with Gasteiger partial charge in [0.25, 0.3) is 0 Å². The maximum Gasteiger partial charge on any atom is 0.458 e. The van der Waals surface area contributed by atoms with Crippen molar-refractivity contribution in [1.82, 2.24) is 0 Å². The predicted octanol–water partition coefficient (Wildman–Crippen LogP) is 2.03. The lowest BCUT2D eigenvalue weighted by atomic mass is 10.2. The first-order chi connectivity index (χ1) is 10.4. The SMILES string of the molecule is CC1(COC(=O)C(OF)(OC(F)(F)CF)C(F)(F)F)OCCO1. The van der Waals surface area contributed by atoms with Crippen molar-refractivity contribution in [3.05, 3.63) is 0 Å². The normalized spacial score (nSPS) is 21.0. The van der Waals surface area contributed by atoms with E-state index in [-0.39, 0.29) is 13.2 Å². The van der Waals surface area contributed by atoms with Gasteiger partial charge in [0.1, 0.15) is 6.61 Å². The lowest BCUT2D eigenvalue weighted by Gasteiger charge is -2.32. The summed E-state index contributed by atoms with van der Waals surface area (Å²) in [5, 5.41) is 0. The van der Waals surface area contributed by atoms with Gasteiger partial charge in [0.15, 0.2) is 12.5 Å². The average molecular weight is 360 g/mol. The Kier molecular flexibility index (Phi) is 5.83. The van der Waals surface area contributed by atoms with Crippen LogP contribution in [-0.2, 0) is 28.7 Å². The second-order valence-corrected chi connectivity index (χ2v) is 4.47. The second kappa shape index (κ2) is 6.75. The molecule has 1 rings (SSSR count). The first-order valence-electron chi connectivity index (χ1n) is 5.87. The molecule has 1 atom stereocenters. The summed E-state index contributed by atoms with van der Waals surface area (Å²) < 4.78 is 105. The van der Waals surface area contributed by atoms with Crippen LogP contribution >= 0.6 is 0 Å². The zero-order valence-corrected chi connectivity index (χ0v) is 11.4. The van der Waals surface area contributed by atoms with Crippen LogP contribution in [0.25, 0.3) is 0 Å². The van der Waals surface area contributed by atoms with E-state index in [0.717, 1.165) is 6.92 Å². The van der Waals surface area contributed by atoms with Crippen LogP contribution in [-0.4, -0.2) is 56.3 Å². The maximum absolute atomic E-state index is 12.8. The molecule has 0 aromatic carbocycles. The van der Waals surface area contributed by atoms with Gasteiger partial charge in [0, 0.05) is 0 Å². The van der Waals surface area contributed by atoms with Gasteiger partial charge >= 0.3 is 24.0 Å². The molecular weight excluding hydrogens is 349 g/mol. The summed E-state index contributed by atoms with van der Waals surface area (Å²) in [4.78, 5) is 13.7. The number of alkyl halides is 6. The Bertz CT molecular complexity index is 422. The third-order valence-electron chi connectivity index (χ3n) is 2.56. The summed E-state index contributed by atoms with van der Waals surface area (Å²) in [5.41, 5.74) is 0. The monoisotopic (exact) mass is 360 g/mol. The number of ether oxygens (including phenoxy) is 4. The number of carbonyl (C=O) groups excluding carboxylic acids is 1. The molecule has 0 N–H and O–H groups in total. The van der Waals surface area contributed by atoms with Crippen LogP contribution in [0.4, 0.5) is 30.9 Å². The Morgan fingerprint density at radius 2 is 1.70 bits per heavy atom. The van der Waals surface area contributed by atoms with Crippen molar-refractivity contribution < 1.29 is 59.6 Å². The molecule has 13 heteroatoms. The quantitative estimate of drug-likeness (QED) is 0.393. The molecule has 0 saturated carbocycles. The molecule has 1 fully saturated rings. The summed E-state index contributed by atoms with van der Waals surface area (Å²) in [5.74, 6) is -9.55. The van der Waals surface area contributed by atoms with E-state index in [2.05, 4.69) is 14.4 Å². The molecule has 1 unspecified atom stereocenters. The predicted molar refractivity (Wildman–Crippen MR) is 54.3 cm³/mol. The maximum atomic E-state index is 12.8.